The van der Waals surface area contributed by atoms with Crippen LogP contribution in [0.5, 0.6) is 0 Å². The van der Waals surface area contributed by atoms with Gasteiger partial charge in [-0.25, -0.2) is 18.5 Å². The second-order valence-corrected chi connectivity index (χ2v) is 7.98. The van der Waals surface area contributed by atoms with Crippen molar-refractivity contribution in [2.24, 2.45) is 11.1 Å². The van der Waals surface area contributed by atoms with Gasteiger partial charge in [-0.05, 0) is 6.07 Å². The number of thiazole rings is 1. The Bertz CT molecular complexity index is 907. The third kappa shape index (κ3) is 3.30. The van der Waals surface area contributed by atoms with Crippen molar-refractivity contribution in [2.75, 3.05) is 17.2 Å². The maximum atomic E-state index is 12.1. The highest BCUT2D eigenvalue weighted by atomic mass is 32.2. The van der Waals surface area contributed by atoms with Crippen molar-refractivity contribution >= 4 is 48.3 Å². The van der Waals surface area contributed by atoms with Crippen LogP contribution in [0.2, 0.25) is 0 Å². The number of nitro groups is 1. The fraction of sp³-hybridized carbons (Fsp3) is 0.333. The van der Waals surface area contributed by atoms with Gasteiger partial charge in [0.2, 0.25) is 15.9 Å². The Morgan fingerprint density at radius 1 is 1.48 bits per heavy atom. The zero-order valence-corrected chi connectivity index (χ0v) is 13.3. The Morgan fingerprint density at radius 3 is 2.87 bits per heavy atom. The average molecular weight is 356 g/mol. The first-order valence-corrected chi connectivity index (χ1v) is 9.12. The Labute approximate surface area is 134 Å². The van der Waals surface area contributed by atoms with E-state index in [4.69, 9.17) is 5.14 Å². The van der Waals surface area contributed by atoms with Crippen molar-refractivity contribution in [3.8, 4) is 0 Å². The van der Waals surface area contributed by atoms with Crippen LogP contribution in [0.25, 0.3) is 10.2 Å². The minimum absolute atomic E-state index is 0.0486. The summed E-state index contributed by atoms with van der Waals surface area (Å²) < 4.78 is 22.9. The molecule has 11 heteroatoms. The molecule has 0 radical (unpaired) electrons. The fourth-order valence-corrected chi connectivity index (χ4v) is 4.44. The first kappa shape index (κ1) is 15.8. The number of carbonyl (C=O) groups excluding carboxylic acids is 1. The molecular formula is C12H12N4O5S2. The lowest BCUT2D eigenvalue weighted by molar-refractivity contribution is -0.384. The molecule has 1 aliphatic rings. The number of aromatic nitrogens is 1. The van der Waals surface area contributed by atoms with Crippen LogP contribution in [-0.4, -0.2) is 36.5 Å². The molecule has 9 nitrogen and oxygen atoms in total. The molecule has 1 aliphatic heterocycles. The molecule has 2 aromatic rings. The second kappa shape index (κ2) is 5.51. The number of nitrogens with zero attached hydrogens (tertiary/aromatic N) is 3. The number of nitrogens with two attached hydrogens (primary N) is 1. The number of rotatable bonds is 4. The summed E-state index contributed by atoms with van der Waals surface area (Å²) in [7, 11) is -3.65. The summed E-state index contributed by atoms with van der Waals surface area (Å²) in [5, 5.41) is 16.2. The van der Waals surface area contributed by atoms with Crippen LogP contribution in [-0.2, 0) is 14.8 Å². The normalized spacial score (nSPS) is 18.7. The highest BCUT2D eigenvalue weighted by Gasteiger charge is 2.34. The zero-order valence-electron chi connectivity index (χ0n) is 11.7. The van der Waals surface area contributed by atoms with E-state index in [-0.39, 0.29) is 36.2 Å². The molecule has 1 saturated heterocycles. The van der Waals surface area contributed by atoms with Crippen molar-refractivity contribution in [2.45, 2.75) is 6.42 Å². The van der Waals surface area contributed by atoms with Gasteiger partial charge in [-0.2, -0.15) is 0 Å². The molecule has 2 N–H and O–H groups in total. The monoisotopic (exact) mass is 356 g/mol. The standard InChI is InChI=1S/C12H12N4O5S2/c13-23(20,21)6-7-3-11(17)15(5-7)12-14-9-2-1-8(16(18)19)4-10(9)22-12/h1-2,4,7H,3,5-6H2,(H2,13,20,21). The molecule has 122 valence electrons. The van der Waals surface area contributed by atoms with Gasteiger partial charge in [-0.3, -0.25) is 19.8 Å². The molecule has 1 atom stereocenters. The highest BCUT2D eigenvalue weighted by molar-refractivity contribution is 7.89. The Hall–Kier alpha value is -2.11. The summed E-state index contributed by atoms with van der Waals surface area (Å²) in [6, 6.07) is 4.27. The number of fused-ring (bicyclic) bond motifs is 1. The van der Waals surface area contributed by atoms with Crippen LogP contribution < -0.4 is 10.0 Å². The van der Waals surface area contributed by atoms with Gasteiger partial charge in [0.05, 0.1) is 20.9 Å². The van der Waals surface area contributed by atoms with E-state index in [0.717, 1.165) is 11.3 Å². The molecule has 1 aromatic heterocycles. The third-order valence-corrected chi connectivity index (χ3v) is 5.45. The lowest BCUT2D eigenvalue weighted by Gasteiger charge is -2.12. The van der Waals surface area contributed by atoms with Gasteiger partial charge < -0.3 is 0 Å². The van der Waals surface area contributed by atoms with Gasteiger partial charge >= 0.3 is 0 Å². The first-order chi connectivity index (χ1) is 10.7. The average Bonchev–Trinajstić information content (AvgIpc) is 2.98. The summed E-state index contributed by atoms with van der Waals surface area (Å²) in [6.07, 6.45) is 0.0898. The number of nitro benzene ring substituents is 1. The van der Waals surface area contributed by atoms with Crippen LogP contribution in [0.15, 0.2) is 18.2 Å². The lowest BCUT2D eigenvalue weighted by atomic mass is 10.1. The lowest BCUT2D eigenvalue weighted by Crippen LogP contribution is -2.27. The predicted octanol–water partition coefficient (Wildman–Crippen LogP) is 0.846. The Morgan fingerprint density at radius 2 is 2.22 bits per heavy atom. The van der Waals surface area contributed by atoms with Crippen molar-refractivity contribution in [1.29, 1.82) is 0 Å². The molecule has 0 bridgehead atoms. The van der Waals surface area contributed by atoms with Gasteiger partial charge in [0.15, 0.2) is 5.13 Å². The molecule has 0 saturated carbocycles. The van der Waals surface area contributed by atoms with Crippen LogP contribution in [0.1, 0.15) is 6.42 Å². The molecular weight excluding hydrogens is 344 g/mol. The van der Waals surface area contributed by atoms with E-state index in [9.17, 15) is 23.3 Å². The molecule has 3 rings (SSSR count). The topological polar surface area (TPSA) is 136 Å². The molecule has 1 aromatic carbocycles. The van der Waals surface area contributed by atoms with Crippen molar-refractivity contribution in [3.05, 3.63) is 28.3 Å². The maximum absolute atomic E-state index is 12.1. The first-order valence-electron chi connectivity index (χ1n) is 6.59. The number of hydrogen-bond donors (Lipinski definition) is 1. The van der Waals surface area contributed by atoms with E-state index in [2.05, 4.69) is 4.98 Å². The van der Waals surface area contributed by atoms with E-state index in [1.807, 2.05) is 0 Å². The van der Waals surface area contributed by atoms with Crippen LogP contribution in [0, 0.1) is 16.0 Å². The molecule has 0 aliphatic carbocycles. The minimum Gasteiger partial charge on any atom is -0.288 e. The quantitative estimate of drug-likeness (QED) is 0.637. The van der Waals surface area contributed by atoms with Crippen LogP contribution >= 0.6 is 11.3 Å². The molecule has 2 heterocycles. The van der Waals surface area contributed by atoms with Crippen LogP contribution in [0.3, 0.4) is 0 Å². The van der Waals surface area contributed by atoms with Gasteiger partial charge in [-0.1, -0.05) is 11.3 Å². The van der Waals surface area contributed by atoms with Crippen LogP contribution in [0.4, 0.5) is 10.8 Å². The number of primary sulfonamides is 1. The van der Waals surface area contributed by atoms with E-state index < -0.39 is 14.9 Å². The number of anilines is 1. The number of carbonyl (C=O) groups is 1. The minimum atomic E-state index is -3.65. The zero-order chi connectivity index (χ0) is 16.8. The molecule has 0 spiro atoms. The van der Waals surface area contributed by atoms with E-state index >= 15 is 0 Å². The molecule has 1 fully saturated rings. The maximum Gasteiger partial charge on any atom is 0.270 e. The summed E-state index contributed by atoms with van der Waals surface area (Å²) in [5.74, 6) is -0.864. The van der Waals surface area contributed by atoms with E-state index in [0.29, 0.717) is 15.3 Å². The Kier molecular flexibility index (Phi) is 3.78. The van der Waals surface area contributed by atoms with Crippen molar-refractivity contribution < 1.29 is 18.1 Å². The SMILES string of the molecule is NS(=O)(=O)CC1CC(=O)N(c2nc3ccc([N+](=O)[O-])cc3s2)C1. The Balaban J connectivity index is 1.88. The van der Waals surface area contributed by atoms with Crippen molar-refractivity contribution in [1.82, 2.24) is 4.98 Å². The second-order valence-electron chi connectivity index (χ2n) is 5.31. The molecule has 23 heavy (non-hydrogen) atoms. The summed E-state index contributed by atoms with van der Waals surface area (Å²) in [5.41, 5.74) is 0.505. The summed E-state index contributed by atoms with van der Waals surface area (Å²) in [4.78, 5) is 28.1. The highest BCUT2D eigenvalue weighted by Crippen LogP contribution is 2.34. The van der Waals surface area contributed by atoms with Gasteiger partial charge in [0, 0.05) is 31.0 Å². The largest absolute Gasteiger partial charge is 0.288 e. The van der Waals surface area contributed by atoms with E-state index in [1.54, 1.807) is 0 Å². The number of sulfonamides is 1. The molecule has 1 unspecified atom stereocenters. The van der Waals surface area contributed by atoms with E-state index in [1.165, 1.54) is 23.1 Å². The van der Waals surface area contributed by atoms with Gasteiger partial charge in [-0.15, -0.1) is 0 Å². The third-order valence-electron chi connectivity index (χ3n) is 3.48. The van der Waals surface area contributed by atoms with Crippen molar-refractivity contribution in [3.63, 3.8) is 0 Å². The number of hydrogen-bond acceptors (Lipinski definition) is 7. The summed E-state index contributed by atoms with van der Waals surface area (Å²) in [6.45, 7) is 0.219. The number of amides is 1. The van der Waals surface area contributed by atoms with Gasteiger partial charge in [0.25, 0.3) is 5.69 Å². The predicted molar refractivity (Wildman–Crippen MR) is 84.7 cm³/mol. The smallest absolute Gasteiger partial charge is 0.270 e. The summed E-state index contributed by atoms with van der Waals surface area (Å²) >= 11 is 1.16. The number of benzene rings is 1. The fourth-order valence-electron chi connectivity index (χ4n) is 2.54. The van der Waals surface area contributed by atoms with Gasteiger partial charge in [0.1, 0.15) is 0 Å². The molecule has 1 amide bonds. The number of non-ortho nitro benzene ring substituents is 1.